The van der Waals surface area contributed by atoms with E-state index in [0.717, 1.165) is 178 Å². The van der Waals surface area contributed by atoms with Crippen LogP contribution in [0.25, 0.3) is 44.7 Å². The first kappa shape index (κ1) is 89.1. The molecule has 18 rings (SSSR count). The Labute approximate surface area is 746 Å². The van der Waals surface area contributed by atoms with Crippen LogP contribution < -0.4 is 85.9 Å². The third-order valence-corrected chi connectivity index (χ3v) is 26.0. The fraction of sp³-hybridized carbons (Fsp3) is 0.437. The molecule has 0 bridgehead atoms. The van der Waals surface area contributed by atoms with Crippen LogP contribution in [0, 0.1) is 15.4 Å². The van der Waals surface area contributed by atoms with Crippen molar-refractivity contribution >= 4 is 113 Å². The van der Waals surface area contributed by atoms with Gasteiger partial charge in [0.25, 0.3) is 22.2 Å². The largest absolute Gasteiger partial charge is 0.395 e. The molecule has 0 saturated carbocycles. The van der Waals surface area contributed by atoms with E-state index < -0.39 is 16.9 Å². The van der Waals surface area contributed by atoms with Crippen molar-refractivity contribution in [3.63, 3.8) is 0 Å². The van der Waals surface area contributed by atoms with Crippen LogP contribution in [-0.4, -0.2) is 225 Å². The number of fused-ring (bicyclic) bond motifs is 4. The zero-order valence-corrected chi connectivity index (χ0v) is 75.9. The number of anilines is 4. The van der Waals surface area contributed by atoms with E-state index in [9.17, 15) is 48.3 Å². The molecule has 5 fully saturated rings. The van der Waals surface area contributed by atoms with E-state index in [0.29, 0.717) is 120 Å². The summed E-state index contributed by atoms with van der Waals surface area (Å²) in [5, 5.41) is 23.2. The van der Waals surface area contributed by atoms with E-state index in [1.165, 1.54) is 46.5 Å². The van der Waals surface area contributed by atoms with Gasteiger partial charge in [-0.25, -0.2) is 19.2 Å². The first-order valence-corrected chi connectivity index (χ1v) is 44.4. The van der Waals surface area contributed by atoms with E-state index in [-0.39, 0.29) is 53.2 Å². The number of piperazine rings is 1. The van der Waals surface area contributed by atoms with E-state index >= 15 is 0 Å². The second-order valence-corrected chi connectivity index (χ2v) is 34.7. The van der Waals surface area contributed by atoms with Gasteiger partial charge in [-0.05, 0) is 126 Å². The number of rotatable bonds is 17. The second-order valence-electron chi connectivity index (χ2n) is 32.7. The number of aliphatic hydroxyl groups excluding tert-OH is 1. The molecule has 664 valence electrons. The van der Waals surface area contributed by atoms with Crippen molar-refractivity contribution in [1.29, 1.82) is 0 Å². The molecule has 5 aliphatic heterocycles. The molecule has 5 N–H and O–H groups in total. The highest BCUT2D eigenvalue weighted by molar-refractivity contribution is 14.1. The maximum atomic E-state index is 13.3. The van der Waals surface area contributed by atoms with E-state index in [1.54, 1.807) is 32.8 Å². The fourth-order valence-corrected chi connectivity index (χ4v) is 18.3. The van der Waals surface area contributed by atoms with Gasteiger partial charge in [0.2, 0.25) is 29.7 Å². The number of aromatic nitrogens is 18. The second kappa shape index (κ2) is 39.4. The molecule has 126 heavy (non-hydrogen) atoms. The lowest BCUT2D eigenvalue weighted by molar-refractivity contribution is -0.130. The molecule has 3 unspecified atom stereocenters. The van der Waals surface area contributed by atoms with Crippen LogP contribution >= 0.6 is 38.5 Å². The number of nitrogens with zero attached hydrogens (tertiary/aromatic N) is 23. The lowest BCUT2D eigenvalue weighted by Crippen LogP contribution is -2.53. The number of nitrogens with one attached hydrogen (secondary N) is 4. The maximum Gasteiger partial charge on any atom is 0.332 e. The number of halogens is 2. The summed E-state index contributed by atoms with van der Waals surface area (Å²) in [5.74, 6) is 3.26. The predicted molar refractivity (Wildman–Crippen MR) is 498 cm³/mol. The van der Waals surface area contributed by atoms with Crippen molar-refractivity contribution in [2.75, 3.05) is 137 Å². The van der Waals surface area contributed by atoms with Gasteiger partial charge in [-0.15, -0.1) is 0 Å². The van der Waals surface area contributed by atoms with Gasteiger partial charge in [-0.2, -0.15) is 19.9 Å². The van der Waals surface area contributed by atoms with Crippen LogP contribution in [0.3, 0.4) is 0 Å². The van der Waals surface area contributed by atoms with E-state index in [1.807, 2.05) is 122 Å². The Morgan fingerprint density at radius 3 is 1.29 bits per heavy atom. The van der Waals surface area contributed by atoms with Crippen LogP contribution in [0.15, 0.2) is 170 Å². The summed E-state index contributed by atoms with van der Waals surface area (Å²) >= 11 is 5.96. The topological polar surface area (TPSA) is 375 Å². The van der Waals surface area contributed by atoms with Gasteiger partial charge in [0, 0.05) is 199 Å². The van der Waals surface area contributed by atoms with E-state index in [2.05, 4.69) is 119 Å². The Balaban J connectivity index is 0.000000130. The van der Waals surface area contributed by atoms with Gasteiger partial charge in [-0.3, -0.25) is 88.7 Å². The highest BCUT2D eigenvalue weighted by Crippen LogP contribution is 2.30. The van der Waals surface area contributed by atoms with Crippen LogP contribution in [0.4, 0.5) is 23.8 Å². The van der Waals surface area contributed by atoms with E-state index in [4.69, 9.17) is 15.0 Å². The Bertz CT molecular complexity index is 6430. The van der Waals surface area contributed by atoms with Gasteiger partial charge in [0.05, 0.1) is 26.2 Å². The minimum atomic E-state index is -0.419. The average Bonchev–Trinajstić information content (AvgIpc) is 1.60. The molecule has 10 aromatic heterocycles. The van der Waals surface area contributed by atoms with Crippen molar-refractivity contribution in [2.45, 2.75) is 64.3 Å². The Morgan fingerprint density at radius 1 is 0.421 bits per heavy atom. The highest BCUT2D eigenvalue weighted by atomic mass is 127. The van der Waals surface area contributed by atoms with Gasteiger partial charge < -0.3 is 50.9 Å². The number of pyridine rings is 2. The summed E-state index contributed by atoms with van der Waals surface area (Å²) in [6, 6.07) is 37.9. The van der Waals surface area contributed by atoms with Crippen molar-refractivity contribution in [3.05, 3.63) is 247 Å². The molecule has 0 spiro atoms. The van der Waals surface area contributed by atoms with Crippen molar-refractivity contribution < 1.29 is 9.90 Å². The number of aliphatic hydroxyl groups is 1. The van der Waals surface area contributed by atoms with Crippen LogP contribution in [0.2, 0.25) is 0 Å². The maximum absolute atomic E-state index is 13.3. The van der Waals surface area contributed by atoms with Crippen molar-refractivity contribution in [1.82, 2.24) is 111 Å². The molecule has 3 atom stereocenters. The lowest BCUT2D eigenvalue weighted by atomic mass is 10.0. The average molecular weight is 1900 g/mol. The smallest absolute Gasteiger partial charge is 0.332 e. The minimum Gasteiger partial charge on any atom is -0.395 e. The summed E-state index contributed by atoms with van der Waals surface area (Å²) < 4.78 is 19.8. The van der Waals surface area contributed by atoms with Gasteiger partial charge in [0.1, 0.15) is 6.54 Å². The number of likely N-dealkylation sites (tertiary alicyclic amines) is 1. The molecule has 15 heterocycles. The highest BCUT2D eigenvalue weighted by Gasteiger charge is 2.33. The van der Waals surface area contributed by atoms with Gasteiger partial charge >= 0.3 is 22.8 Å². The fourth-order valence-electron chi connectivity index (χ4n) is 17.3. The van der Waals surface area contributed by atoms with Crippen LogP contribution in [0.1, 0.15) is 47.3 Å². The summed E-state index contributed by atoms with van der Waals surface area (Å²) in [4.78, 5) is 154. The number of carbonyl (C=O) groups is 1. The number of carbonyl (C=O) groups excluding carboxylic acids is 1. The number of imidazole rings is 4. The molecular formula is C87H107BrIN27O10. The molecule has 37 nitrogen and oxygen atoms in total. The molecule has 1 amide bonds. The SMILES string of the molecule is Cn1c(=O)c2c(nc(N3CCCNCC3)n2CC(=O)N2CCCC2)n(C)c1=O.Cn1c(=O)c2c(nc(N3CCNC(CO)C3)n2Cc2ccccc2)n(C)c1=O.Cn1c(=O)c2c(nc(N3CCNCC(Cc4ccccn4)C3)n2Cc2ccccc2Br)n(C)c1=O.Cn1c(=O)c2c(nc(N3CCNCC(Cc4ccccn4)C3)n2Cc2ccccc2I)n(C)c1=O. The molecule has 39 heteroatoms. The summed E-state index contributed by atoms with van der Waals surface area (Å²) in [7, 11) is 12.5. The van der Waals surface area contributed by atoms with Crippen LogP contribution in [0.5, 0.6) is 0 Å². The molecule has 3 aromatic carbocycles. The number of amides is 1. The monoisotopic (exact) mass is 1900 g/mol. The lowest BCUT2D eigenvalue weighted by Gasteiger charge is -2.33. The number of hydrogen-bond acceptors (Lipinski definition) is 24. The molecular weight excluding hydrogens is 1790 g/mol. The van der Waals surface area contributed by atoms with Crippen molar-refractivity contribution in [3.8, 4) is 0 Å². The third-order valence-electron chi connectivity index (χ3n) is 24.2. The first-order valence-electron chi connectivity index (χ1n) is 42.6. The number of aryl methyl sites for hydroxylation is 4. The van der Waals surface area contributed by atoms with Gasteiger partial charge in [-0.1, -0.05) is 94.8 Å². The Hall–Kier alpha value is -11.8. The third kappa shape index (κ3) is 18.7. The molecule has 5 saturated heterocycles. The summed E-state index contributed by atoms with van der Waals surface area (Å²) in [6.45, 7) is 14.6. The Kier molecular flexibility index (Phi) is 27.9. The number of hydrogen-bond donors (Lipinski definition) is 5. The molecule has 0 aliphatic carbocycles. The predicted octanol–water partition coefficient (Wildman–Crippen LogP) is 1.77. The van der Waals surface area contributed by atoms with Crippen molar-refractivity contribution in [2.24, 2.45) is 68.2 Å². The number of benzene rings is 3. The standard InChI is InChI=1S/C25H28BrN7O2.C25H28IN7O2.C19H24N6O3.C18H27N7O3/c2*1-30-22-21(23(34)31(2)25(30)35)33(16-18-7-3-4-9-20(18)26)24(29-22)32-12-11-27-14-17(15-32)13-19-8-5-6-10-28-19;1-22-16-15(17(27)23(2)19(22)28)25(10-13-6-4-3-5-7-13)18(21-16)24-9-8-20-14(11-24)12-26;1-21-15-14(16(27)22(2)18(21)28)25(12-13(26)23-8-3-4-9-23)17(20-15)24-10-5-6-19-7-11-24/h2*3-10,17,27H,11-16H2,1-2H3;3-7,14,20,26H,8-12H2,1-2H3;19H,3-12H2,1-2H3. The normalized spacial score (nSPS) is 17.1. The summed E-state index contributed by atoms with van der Waals surface area (Å²) in [6.07, 6.45) is 8.31. The molecule has 0 radical (unpaired) electrons. The quantitative estimate of drug-likeness (QED) is 0.0811. The first-order chi connectivity index (χ1) is 60.9. The van der Waals surface area contributed by atoms with Crippen LogP contribution in [-0.2, 0) is 100 Å². The molecule has 13 aromatic rings. The molecule has 5 aliphatic rings. The minimum absolute atomic E-state index is 0.0121. The Morgan fingerprint density at radius 2 is 0.825 bits per heavy atom. The van der Waals surface area contributed by atoms with Gasteiger partial charge in [0.15, 0.2) is 44.7 Å². The zero-order chi connectivity index (χ0) is 88.7. The summed E-state index contributed by atoms with van der Waals surface area (Å²) in [5.41, 5.74) is 5.36. The zero-order valence-electron chi connectivity index (χ0n) is 72.1.